The molecular weight excluding hydrogens is 402 g/mol. The summed E-state index contributed by atoms with van der Waals surface area (Å²) in [6.07, 6.45) is 6.17. The number of rotatable bonds is 6. The number of carbonyl (C=O) groups excluding carboxylic acids is 1. The Balaban J connectivity index is 1.46. The number of amides is 1. The Bertz CT molecular complexity index is 1120. The number of nitrogens with zero attached hydrogens (tertiary/aromatic N) is 4. The smallest absolute Gasteiger partial charge is 0.271 e. The summed E-state index contributed by atoms with van der Waals surface area (Å²) < 4.78 is 28.3. The molecule has 156 valence electrons. The second kappa shape index (κ2) is 8.37. The number of aromatic nitrogens is 3. The van der Waals surface area contributed by atoms with Crippen molar-refractivity contribution in [1.29, 1.82) is 0 Å². The van der Waals surface area contributed by atoms with Crippen LogP contribution < -0.4 is 5.32 Å². The number of imidazole rings is 1. The zero-order chi connectivity index (χ0) is 21.1. The van der Waals surface area contributed by atoms with E-state index in [1.807, 2.05) is 37.3 Å². The molecule has 3 aromatic rings. The SMILES string of the molecule is CC(NC(=O)c1cn(-c2ccc(S(=O)(=O)N3CCCC3)cn2)cn1)c1ccccc1. The van der Waals surface area contributed by atoms with Crippen LogP contribution in [-0.4, -0.2) is 46.3 Å². The van der Waals surface area contributed by atoms with E-state index in [0.29, 0.717) is 18.9 Å². The van der Waals surface area contributed by atoms with Crippen LogP contribution in [0, 0.1) is 0 Å². The van der Waals surface area contributed by atoms with Gasteiger partial charge in [-0.1, -0.05) is 30.3 Å². The minimum Gasteiger partial charge on any atom is -0.344 e. The predicted octanol–water partition coefficient (Wildman–Crippen LogP) is 2.54. The molecule has 4 rings (SSSR count). The average molecular weight is 426 g/mol. The maximum atomic E-state index is 12.6. The maximum absolute atomic E-state index is 12.6. The summed E-state index contributed by atoms with van der Waals surface area (Å²) in [5.41, 5.74) is 1.26. The van der Waals surface area contributed by atoms with E-state index in [9.17, 15) is 13.2 Å². The fraction of sp³-hybridized carbons (Fsp3) is 0.286. The standard InChI is InChI=1S/C21H23N5O3S/c1-16(17-7-3-2-4-8-17)24-21(27)19-14-25(15-23-19)20-10-9-18(13-22-20)30(28,29)26-11-5-6-12-26/h2-4,7-10,13-16H,5-6,11-12H2,1H3,(H,24,27). The van der Waals surface area contributed by atoms with Gasteiger partial charge in [0.15, 0.2) is 0 Å². The third kappa shape index (κ3) is 4.12. The molecule has 8 nitrogen and oxygen atoms in total. The third-order valence-corrected chi connectivity index (χ3v) is 7.03. The summed E-state index contributed by atoms with van der Waals surface area (Å²) in [5.74, 6) is 0.191. The van der Waals surface area contributed by atoms with E-state index in [1.165, 1.54) is 22.9 Å². The first-order chi connectivity index (χ1) is 14.4. The lowest BCUT2D eigenvalue weighted by Crippen LogP contribution is -2.28. The summed E-state index contributed by atoms with van der Waals surface area (Å²) in [6, 6.07) is 12.7. The van der Waals surface area contributed by atoms with Gasteiger partial charge < -0.3 is 5.32 Å². The molecule has 0 saturated carbocycles. The molecule has 1 aromatic carbocycles. The molecule has 1 atom stereocenters. The van der Waals surface area contributed by atoms with Crippen molar-refractivity contribution in [1.82, 2.24) is 24.2 Å². The topological polar surface area (TPSA) is 97.2 Å². The second-order valence-corrected chi connectivity index (χ2v) is 9.17. The van der Waals surface area contributed by atoms with Crippen molar-refractivity contribution in [3.05, 3.63) is 72.4 Å². The number of hydrogen-bond acceptors (Lipinski definition) is 5. The van der Waals surface area contributed by atoms with E-state index in [2.05, 4.69) is 15.3 Å². The van der Waals surface area contributed by atoms with Crippen LogP contribution in [0.15, 0.2) is 66.1 Å². The third-order valence-electron chi connectivity index (χ3n) is 5.15. The van der Waals surface area contributed by atoms with Crippen molar-refractivity contribution >= 4 is 15.9 Å². The van der Waals surface area contributed by atoms with Crippen molar-refractivity contribution in [3.63, 3.8) is 0 Å². The zero-order valence-electron chi connectivity index (χ0n) is 16.6. The molecule has 0 aliphatic carbocycles. The van der Waals surface area contributed by atoms with Crippen LogP contribution in [0.3, 0.4) is 0 Å². The lowest BCUT2D eigenvalue weighted by Gasteiger charge is -2.15. The summed E-state index contributed by atoms with van der Waals surface area (Å²) in [4.78, 5) is 21.1. The summed E-state index contributed by atoms with van der Waals surface area (Å²) >= 11 is 0. The fourth-order valence-corrected chi connectivity index (χ4v) is 4.88. The molecule has 9 heteroatoms. The van der Waals surface area contributed by atoms with E-state index >= 15 is 0 Å². The van der Waals surface area contributed by atoms with Gasteiger partial charge in [-0.2, -0.15) is 4.31 Å². The molecule has 1 N–H and O–H groups in total. The summed E-state index contributed by atoms with van der Waals surface area (Å²) in [5, 5.41) is 2.92. The van der Waals surface area contributed by atoms with Crippen LogP contribution in [0.1, 0.15) is 41.9 Å². The second-order valence-electron chi connectivity index (χ2n) is 7.24. The Morgan fingerprint density at radius 1 is 1.07 bits per heavy atom. The van der Waals surface area contributed by atoms with Gasteiger partial charge in [0, 0.05) is 25.5 Å². The van der Waals surface area contributed by atoms with Crippen molar-refractivity contribution in [2.75, 3.05) is 13.1 Å². The maximum Gasteiger partial charge on any atom is 0.271 e. The summed E-state index contributed by atoms with van der Waals surface area (Å²) in [7, 11) is -3.50. The van der Waals surface area contributed by atoms with Crippen LogP contribution in [-0.2, 0) is 10.0 Å². The molecule has 0 spiro atoms. The highest BCUT2D eigenvalue weighted by Crippen LogP contribution is 2.21. The molecule has 3 heterocycles. The van der Waals surface area contributed by atoms with Gasteiger partial charge in [-0.3, -0.25) is 9.36 Å². The van der Waals surface area contributed by atoms with E-state index < -0.39 is 10.0 Å². The van der Waals surface area contributed by atoms with Crippen molar-refractivity contribution in [2.45, 2.75) is 30.7 Å². The van der Waals surface area contributed by atoms with Gasteiger partial charge in [-0.25, -0.2) is 18.4 Å². The fourth-order valence-electron chi connectivity index (χ4n) is 3.42. The van der Waals surface area contributed by atoms with E-state index in [-0.39, 0.29) is 22.5 Å². The minimum absolute atomic E-state index is 0.156. The number of benzene rings is 1. The van der Waals surface area contributed by atoms with E-state index in [4.69, 9.17) is 0 Å². The van der Waals surface area contributed by atoms with Gasteiger partial charge in [0.1, 0.15) is 22.7 Å². The summed E-state index contributed by atoms with van der Waals surface area (Å²) in [6.45, 7) is 3.00. The highest BCUT2D eigenvalue weighted by molar-refractivity contribution is 7.89. The van der Waals surface area contributed by atoms with Crippen molar-refractivity contribution in [2.24, 2.45) is 0 Å². The van der Waals surface area contributed by atoms with Crippen LogP contribution in [0.4, 0.5) is 0 Å². The molecule has 30 heavy (non-hydrogen) atoms. The molecule has 2 aromatic heterocycles. The van der Waals surface area contributed by atoms with E-state index in [0.717, 1.165) is 18.4 Å². The Hall–Kier alpha value is -3.04. The Labute approximate surface area is 175 Å². The van der Waals surface area contributed by atoms with Crippen LogP contribution in [0.25, 0.3) is 5.82 Å². The number of nitrogens with one attached hydrogen (secondary N) is 1. The molecule has 1 aliphatic rings. The number of carbonyl (C=O) groups is 1. The molecule has 1 amide bonds. The molecular formula is C21H23N5O3S. The Kier molecular flexibility index (Phi) is 5.65. The lowest BCUT2D eigenvalue weighted by molar-refractivity contribution is 0.0935. The molecule has 1 aliphatic heterocycles. The van der Waals surface area contributed by atoms with Gasteiger partial charge >= 0.3 is 0 Å². The molecule has 1 fully saturated rings. The first kappa shape index (κ1) is 20.2. The van der Waals surface area contributed by atoms with Gasteiger partial charge in [-0.15, -0.1) is 0 Å². The highest BCUT2D eigenvalue weighted by atomic mass is 32.2. The van der Waals surface area contributed by atoms with Crippen molar-refractivity contribution in [3.8, 4) is 5.82 Å². The molecule has 1 saturated heterocycles. The molecule has 0 bridgehead atoms. The highest BCUT2D eigenvalue weighted by Gasteiger charge is 2.27. The van der Waals surface area contributed by atoms with Crippen LogP contribution in [0.5, 0.6) is 0 Å². The van der Waals surface area contributed by atoms with Gasteiger partial charge in [0.05, 0.1) is 6.04 Å². The number of hydrogen-bond donors (Lipinski definition) is 1. The Morgan fingerprint density at radius 2 is 1.80 bits per heavy atom. The predicted molar refractivity (Wildman–Crippen MR) is 112 cm³/mol. The van der Waals surface area contributed by atoms with Gasteiger partial charge in [-0.05, 0) is 37.5 Å². The largest absolute Gasteiger partial charge is 0.344 e. The normalized spacial score (nSPS) is 15.8. The quantitative estimate of drug-likeness (QED) is 0.655. The lowest BCUT2D eigenvalue weighted by atomic mass is 10.1. The van der Waals surface area contributed by atoms with Gasteiger partial charge in [0.25, 0.3) is 5.91 Å². The number of pyridine rings is 1. The number of sulfonamides is 1. The van der Waals surface area contributed by atoms with Crippen LogP contribution in [0.2, 0.25) is 0 Å². The minimum atomic E-state index is -3.50. The monoisotopic (exact) mass is 425 g/mol. The first-order valence-corrected chi connectivity index (χ1v) is 11.3. The van der Waals surface area contributed by atoms with Crippen LogP contribution >= 0.6 is 0 Å². The van der Waals surface area contributed by atoms with E-state index in [1.54, 1.807) is 16.8 Å². The first-order valence-electron chi connectivity index (χ1n) is 9.81. The van der Waals surface area contributed by atoms with Crippen molar-refractivity contribution < 1.29 is 13.2 Å². The molecule has 0 radical (unpaired) electrons. The zero-order valence-corrected chi connectivity index (χ0v) is 17.4. The molecule has 1 unspecified atom stereocenters. The van der Waals surface area contributed by atoms with Gasteiger partial charge in [0.2, 0.25) is 10.0 Å². The average Bonchev–Trinajstić information content (AvgIpc) is 3.47. The Morgan fingerprint density at radius 3 is 2.47 bits per heavy atom.